The van der Waals surface area contributed by atoms with E-state index in [1.165, 1.54) is 4.88 Å². The molecular formula is C17H25N7OS. The molecule has 1 N–H and O–H groups in total. The van der Waals surface area contributed by atoms with Gasteiger partial charge in [-0.25, -0.2) is 4.98 Å². The van der Waals surface area contributed by atoms with Gasteiger partial charge in [-0.3, -0.25) is 14.5 Å². The third kappa shape index (κ3) is 4.04. The Balaban J connectivity index is 1.54. The molecule has 1 fully saturated rings. The van der Waals surface area contributed by atoms with E-state index in [1.807, 2.05) is 32.0 Å². The van der Waals surface area contributed by atoms with Gasteiger partial charge in [0.15, 0.2) is 5.96 Å². The van der Waals surface area contributed by atoms with Crippen LogP contribution in [-0.2, 0) is 18.3 Å². The maximum absolute atomic E-state index is 12.5. The van der Waals surface area contributed by atoms with Gasteiger partial charge in [0.05, 0.1) is 22.6 Å². The van der Waals surface area contributed by atoms with Crippen LogP contribution in [0, 0.1) is 13.8 Å². The van der Waals surface area contributed by atoms with Crippen molar-refractivity contribution in [1.82, 2.24) is 25.0 Å². The van der Waals surface area contributed by atoms with E-state index in [0.717, 1.165) is 41.9 Å². The number of piperazine rings is 1. The van der Waals surface area contributed by atoms with E-state index in [9.17, 15) is 4.79 Å². The second-order valence-corrected chi connectivity index (χ2v) is 7.59. The maximum atomic E-state index is 12.5. The van der Waals surface area contributed by atoms with Gasteiger partial charge >= 0.3 is 0 Å². The number of rotatable bonds is 4. The Morgan fingerprint density at radius 2 is 2.19 bits per heavy atom. The lowest BCUT2D eigenvalue weighted by atomic mass is 10.3. The molecule has 9 heteroatoms. The fourth-order valence-corrected chi connectivity index (χ4v) is 4.04. The van der Waals surface area contributed by atoms with Crippen molar-refractivity contribution in [2.75, 3.05) is 38.1 Å². The molecule has 2 aromatic heterocycles. The molecule has 0 atom stereocenters. The molecule has 0 unspecified atom stereocenters. The summed E-state index contributed by atoms with van der Waals surface area (Å²) in [5.41, 5.74) is 1.95. The summed E-state index contributed by atoms with van der Waals surface area (Å²) in [5, 5.41) is 8.61. The molecule has 0 saturated carbocycles. The molecule has 2 aromatic rings. The third-order valence-electron chi connectivity index (χ3n) is 4.37. The van der Waals surface area contributed by atoms with Gasteiger partial charge in [-0.1, -0.05) is 0 Å². The first-order valence-electron chi connectivity index (χ1n) is 8.65. The van der Waals surface area contributed by atoms with Crippen LogP contribution in [0.2, 0.25) is 0 Å². The standard InChI is InChI=1S/C17H25N7OS/c1-12-15(26-13(2)21-12)5-6-19-17(18-3)23-7-8-24(16(25)11-23)14-9-20-22(4)10-14/h9-10H,5-8,11H2,1-4H3,(H,18,19). The van der Waals surface area contributed by atoms with Crippen molar-refractivity contribution >= 4 is 28.9 Å². The highest BCUT2D eigenvalue weighted by molar-refractivity contribution is 7.11. The van der Waals surface area contributed by atoms with Gasteiger partial charge in [0.1, 0.15) is 6.54 Å². The van der Waals surface area contributed by atoms with Crippen LogP contribution in [0.5, 0.6) is 0 Å². The van der Waals surface area contributed by atoms with Gasteiger partial charge in [0.2, 0.25) is 5.91 Å². The molecule has 0 aromatic carbocycles. The first-order chi connectivity index (χ1) is 12.5. The zero-order valence-corrected chi connectivity index (χ0v) is 16.5. The molecule has 26 heavy (non-hydrogen) atoms. The summed E-state index contributed by atoms with van der Waals surface area (Å²) in [6, 6.07) is 0. The fraction of sp³-hybridized carbons (Fsp3) is 0.529. The monoisotopic (exact) mass is 375 g/mol. The van der Waals surface area contributed by atoms with E-state index in [0.29, 0.717) is 13.1 Å². The Labute approximate surface area is 157 Å². The van der Waals surface area contributed by atoms with Crippen molar-refractivity contribution in [2.24, 2.45) is 12.0 Å². The van der Waals surface area contributed by atoms with Crippen molar-refractivity contribution in [3.05, 3.63) is 28.0 Å². The number of amides is 1. The molecule has 0 spiro atoms. The highest BCUT2D eigenvalue weighted by atomic mass is 32.1. The number of carbonyl (C=O) groups is 1. The number of aryl methyl sites for hydroxylation is 3. The van der Waals surface area contributed by atoms with E-state index < -0.39 is 0 Å². The second kappa shape index (κ2) is 7.86. The zero-order valence-electron chi connectivity index (χ0n) is 15.7. The quantitative estimate of drug-likeness (QED) is 0.636. The minimum atomic E-state index is 0.0566. The fourth-order valence-electron chi connectivity index (χ4n) is 3.10. The van der Waals surface area contributed by atoms with E-state index in [-0.39, 0.29) is 5.91 Å². The lowest BCUT2D eigenvalue weighted by Crippen LogP contribution is -2.55. The SMILES string of the molecule is CN=C(NCCc1sc(C)nc1C)N1CCN(c2cnn(C)c2)C(=O)C1. The first kappa shape index (κ1) is 18.4. The van der Waals surface area contributed by atoms with Crippen molar-refractivity contribution in [3.8, 4) is 0 Å². The molecule has 0 bridgehead atoms. The Morgan fingerprint density at radius 1 is 1.38 bits per heavy atom. The highest BCUT2D eigenvalue weighted by Crippen LogP contribution is 2.18. The van der Waals surface area contributed by atoms with Gasteiger partial charge < -0.3 is 15.1 Å². The molecule has 3 heterocycles. The van der Waals surface area contributed by atoms with Crippen LogP contribution in [0.1, 0.15) is 15.6 Å². The van der Waals surface area contributed by atoms with Gasteiger partial charge in [0.25, 0.3) is 0 Å². The first-order valence-corrected chi connectivity index (χ1v) is 9.47. The lowest BCUT2D eigenvalue weighted by Gasteiger charge is -2.35. The normalized spacial score (nSPS) is 15.7. The molecule has 1 aliphatic rings. The number of aromatic nitrogens is 3. The van der Waals surface area contributed by atoms with E-state index in [2.05, 4.69) is 20.4 Å². The van der Waals surface area contributed by atoms with Crippen molar-refractivity contribution < 1.29 is 4.79 Å². The van der Waals surface area contributed by atoms with E-state index in [1.54, 1.807) is 34.2 Å². The number of nitrogens with zero attached hydrogens (tertiary/aromatic N) is 6. The summed E-state index contributed by atoms with van der Waals surface area (Å²) in [6.07, 6.45) is 4.49. The number of thiazole rings is 1. The molecule has 3 rings (SSSR count). The van der Waals surface area contributed by atoms with Gasteiger partial charge in [-0.15, -0.1) is 11.3 Å². The number of hydrogen-bond acceptors (Lipinski definition) is 5. The van der Waals surface area contributed by atoms with Crippen LogP contribution < -0.4 is 10.2 Å². The van der Waals surface area contributed by atoms with Crippen molar-refractivity contribution in [3.63, 3.8) is 0 Å². The Morgan fingerprint density at radius 3 is 2.77 bits per heavy atom. The van der Waals surface area contributed by atoms with Crippen LogP contribution in [-0.4, -0.2) is 64.8 Å². The third-order valence-corrected chi connectivity index (χ3v) is 5.50. The average molecular weight is 376 g/mol. The van der Waals surface area contributed by atoms with Gasteiger partial charge in [-0.2, -0.15) is 5.10 Å². The predicted octanol–water partition coefficient (Wildman–Crippen LogP) is 0.960. The molecule has 8 nitrogen and oxygen atoms in total. The molecule has 1 amide bonds. The van der Waals surface area contributed by atoms with E-state index in [4.69, 9.17) is 0 Å². The smallest absolute Gasteiger partial charge is 0.246 e. The van der Waals surface area contributed by atoms with Crippen LogP contribution in [0.4, 0.5) is 5.69 Å². The number of anilines is 1. The summed E-state index contributed by atoms with van der Waals surface area (Å²) < 4.78 is 1.71. The molecular weight excluding hydrogens is 350 g/mol. The lowest BCUT2D eigenvalue weighted by molar-refractivity contribution is -0.120. The molecule has 1 aliphatic heterocycles. The van der Waals surface area contributed by atoms with Crippen LogP contribution in [0.15, 0.2) is 17.4 Å². The largest absolute Gasteiger partial charge is 0.356 e. The number of aliphatic imine (C=N–C) groups is 1. The summed E-state index contributed by atoms with van der Waals surface area (Å²) in [5.74, 6) is 0.823. The highest BCUT2D eigenvalue weighted by Gasteiger charge is 2.27. The average Bonchev–Trinajstić information content (AvgIpc) is 3.16. The summed E-state index contributed by atoms with van der Waals surface area (Å²) in [7, 11) is 3.60. The van der Waals surface area contributed by atoms with Crippen LogP contribution in [0.3, 0.4) is 0 Å². The summed E-state index contributed by atoms with van der Waals surface area (Å²) in [4.78, 5) is 26.4. The molecule has 140 valence electrons. The Hall–Kier alpha value is -2.42. The Bertz CT molecular complexity index is 810. The van der Waals surface area contributed by atoms with Gasteiger partial charge in [0, 0.05) is 51.2 Å². The minimum absolute atomic E-state index is 0.0566. The van der Waals surface area contributed by atoms with Crippen LogP contribution in [0.25, 0.3) is 0 Å². The predicted molar refractivity (Wildman–Crippen MR) is 104 cm³/mol. The van der Waals surface area contributed by atoms with Gasteiger partial charge in [-0.05, 0) is 13.8 Å². The number of carbonyl (C=O) groups excluding carboxylic acids is 1. The maximum Gasteiger partial charge on any atom is 0.246 e. The van der Waals surface area contributed by atoms with Crippen molar-refractivity contribution in [1.29, 1.82) is 0 Å². The van der Waals surface area contributed by atoms with E-state index >= 15 is 0 Å². The molecule has 1 saturated heterocycles. The van der Waals surface area contributed by atoms with Crippen molar-refractivity contribution in [2.45, 2.75) is 20.3 Å². The molecule has 0 aliphatic carbocycles. The number of guanidine groups is 1. The minimum Gasteiger partial charge on any atom is -0.356 e. The number of nitrogens with one attached hydrogen (secondary N) is 1. The topological polar surface area (TPSA) is 78.7 Å². The Kier molecular flexibility index (Phi) is 5.55. The second-order valence-electron chi connectivity index (χ2n) is 6.30. The van der Waals surface area contributed by atoms with Crippen LogP contribution >= 0.6 is 11.3 Å². The summed E-state index contributed by atoms with van der Waals surface area (Å²) >= 11 is 1.74. The summed E-state index contributed by atoms with van der Waals surface area (Å²) in [6.45, 7) is 6.52. The zero-order chi connectivity index (χ0) is 18.7. The molecule has 0 radical (unpaired) electrons. The number of hydrogen-bond donors (Lipinski definition) is 1.